The Kier molecular flexibility index (Phi) is 5.98. The van der Waals surface area contributed by atoms with Crippen LogP contribution in [0.1, 0.15) is 35.3 Å². The van der Waals surface area contributed by atoms with Gasteiger partial charge in [-0.05, 0) is 73.6 Å². The van der Waals surface area contributed by atoms with E-state index in [2.05, 4.69) is 39.2 Å². The Balaban J connectivity index is 1.27. The van der Waals surface area contributed by atoms with Crippen molar-refractivity contribution in [3.8, 4) is 11.3 Å². The maximum absolute atomic E-state index is 13.2. The largest absolute Gasteiger partial charge is 0.384 e. The molecule has 5 rings (SSSR count). The molecule has 0 aliphatic carbocycles. The number of carbonyl (C=O) groups excluding carboxylic acids is 1. The summed E-state index contributed by atoms with van der Waals surface area (Å²) in [7, 11) is 0. The Morgan fingerprint density at radius 2 is 1.88 bits per heavy atom. The van der Waals surface area contributed by atoms with Crippen LogP contribution in [0, 0.1) is 5.92 Å². The molecule has 0 bridgehead atoms. The van der Waals surface area contributed by atoms with Gasteiger partial charge in [0.25, 0.3) is 5.91 Å². The molecule has 1 amide bonds. The lowest BCUT2D eigenvalue weighted by atomic mass is 9.91. The van der Waals surface area contributed by atoms with Crippen LogP contribution in [-0.2, 0) is 6.42 Å². The number of aromatic nitrogens is 3. The van der Waals surface area contributed by atoms with Crippen LogP contribution in [0.3, 0.4) is 0 Å². The number of benzene rings is 1. The zero-order valence-electron chi connectivity index (χ0n) is 18.5. The molecule has 0 radical (unpaired) electrons. The summed E-state index contributed by atoms with van der Waals surface area (Å²) < 4.78 is 0. The highest BCUT2D eigenvalue weighted by Crippen LogP contribution is 2.26. The highest BCUT2D eigenvalue weighted by atomic mass is 16.2. The van der Waals surface area contributed by atoms with Crippen molar-refractivity contribution in [1.29, 1.82) is 0 Å². The van der Waals surface area contributed by atoms with E-state index < -0.39 is 0 Å². The van der Waals surface area contributed by atoms with Gasteiger partial charge in [-0.2, -0.15) is 0 Å². The van der Waals surface area contributed by atoms with E-state index in [0.717, 1.165) is 55.5 Å². The van der Waals surface area contributed by atoms with E-state index >= 15 is 0 Å². The number of amides is 1. The maximum atomic E-state index is 13.2. The van der Waals surface area contributed by atoms with Crippen molar-refractivity contribution in [2.45, 2.75) is 25.7 Å². The van der Waals surface area contributed by atoms with Crippen molar-refractivity contribution in [2.75, 3.05) is 18.8 Å². The number of hydrogen-bond donors (Lipinski definition) is 1. The molecule has 3 aromatic heterocycles. The summed E-state index contributed by atoms with van der Waals surface area (Å²) in [6.07, 6.45) is 7.65. The monoisotopic (exact) mass is 437 g/mol. The van der Waals surface area contributed by atoms with Crippen molar-refractivity contribution in [3.05, 3.63) is 84.3 Å². The van der Waals surface area contributed by atoms with E-state index in [-0.39, 0.29) is 5.91 Å². The second kappa shape index (κ2) is 9.36. The first-order chi connectivity index (χ1) is 16.2. The van der Waals surface area contributed by atoms with Gasteiger partial charge in [-0.1, -0.05) is 24.3 Å². The summed E-state index contributed by atoms with van der Waals surface area (Å²) in [5.41, 5.74) is 10.1. The second-order valence-electron chi connectivity index (χ2n) is 8.66. The van der Waals surface area contributed by atoms with Gasteiger partial charge in [-0.3, -0.25) is 9.78 Å². The maximum Gasteiger partial charge on any atom is 0.272 e. The molecule has 4 aromatic rings. The molecule has 1 aliphatic rings. The second-order valence-corrected chi connectivity index (χ2v) is 8.66. The first-order valence-electron chi connectivity index (χ1n) is 11.5. The number of pyridine rings is 3. The van der Waals surface area contributed by atoms with Gasteiger partial charge in [0.05, 0.1) is 11.2 Å². The minimum atomic E-state index is -0.00438. The molecule has 0 saturated carbocycles. The van der Waals surface area contributed by atoms with Crippen molar-refractivity contribution in [1.82, 2.24) is 19.9 Å². The van der Waals surface area contributed by atoms with Gasteiger partial charge in [0.15, 0.2) is 0 Å². The molecule has 6 heteroatoms. The third kappa shape index (κ3) is 4.70. The molecule has 2 N–H and O–H groups in total. The Morgan fingerprint density at radius 1 is 0.970 bits per heavy atom. The topological polar surface area (TPSA) is 85.0 Å². The summed E-state index contributed by atoms with van der Waals surface area (Å²) in [5.74, 6) is 1.01. The molecule has 1 aromatic carbocycles. The van der Waals surface area contributed by atoms with E-state index in [9.17, 15) is 4.79 Å². The Morgan fingerprint density at radius 3 is 2.76 bits per heavy atom. The normalized spacial score (nSPS) is 16.5. The number of hydrogen-bond acceptors (Lipinski definition) is 5. The Bertz CT molecular complexity index is 1270. The fraction of sp³-hybridized carbons (Fsp3) is 0.259. The molecule has 1 saturated heterocycles. The molecule has 1 atom stereocenters. The zero-order valence-corrected chi connectivity index (χ0v) is 18.5. The lowest BCUT2D eigenvalue weighted by molar-refractivity contribution is 0.0754. The van der Waals surface area contributed by atoms with Gasteiger partial charge in [0.2, 0.25) is 0 Å². The van der Waals surface area contributed by atoms with Crippen LogP contribution < -0.4 is 5.73 Å². The Labute approximate surface area is 193 Å². The number of anilines is 1. The predicted octanol–water partition coefficient (Wildman–Crippen LogP) is 4.76. The van der Waals surface area contributed by atoms with Crippen LogP contribution in [-0.4, -0.2) is 38.8 Å². The van der Waals surface area contributed by atoms with E-state index in [0.29, 0.717) is 17.4 Å². The smallest absolute Gasteiger partial charge is 0.272 e. The molecule has 33 heavy (non-hydrogen) atoms. The van der Waals surface area contributed by atoms with E-state index in [1.54, 1.807) is 18.3 Å². The van der Waals surface area contributed by atoms with Gasteiger partial charge in [-0.15, -0.1) is 0 Å². The summed E-state index contributed by atoms with van der Waals surface area (Å²) in [6, 6.07) is 19.7. The van der Waals surface area contributed by atoms with Gasteiger partial charge in [-0.25, -0.2) is 9.97 Å². The van der Waals surface area contributed by atoms with Crippen LogP contribution in [0.15, 0.2) is 73.1 Å². The zero-order chi connectivity index (χ0) is 22.6. The molecule has 1 aliphatic heterocycles. The molecule has 0 unspecified atom stereocenters. The van der Waals surface area contributed by atoms with Gasteiger partial charge in [0, 0.05) is 36.4 Å². The van der Waals surface area contributed by atoms with Gasteiger partial charge < -0.3 is 10.6 Å². The van der Waals surface area contributed by atoms with E-state index in [1.807, 2.05) is 35.4 Å². The van der Waals surface area contributed by atoms with Crippen molar-refractivity contribution in [2.24, 2.45) is 5.92 Å². The molecule has 4 heterocycles. The summed E-state index contributed by atoms with van der Waals surface area (Å²) in [4.78, 5) is 28.4. The average molecular weight is 438 g/mol. The Hall–Kier alpha value is -3.80. The van der Waals surface area contributed by atoms with Crippen LogP contribution in [0.25, 0.3) is 22.2 Å². The SMILES string of the molecule is Nc1ccc(-c2cccc(C(=O)N3CCC[C@H](Cc4cccc5ncccc45)CC3)n2)cn1. The molecule has 1 fully saturated rings. The fourth-order valence-electron chi connectivity index (χ4n) is 4.66. The van der Waals surface area contributed by atoms with Crippen LogP contribution in [0.2, 0.25) is 0 Å². The number of nitrogen functional groups attached to an aromatic ring is 1. The quantitative estimate of drug-likeness (QED) is 0.498. The highest BCUT2D eigenvalue weighted by molar-refractivity contribution is 5.93. The first-order valence-corrected chi connectivity index (χ1v) is 11.5. The lowest BCUT2D eigenvalue weighted by Gasteiger charge is -2.20. The number of nitrogens with zero attached hydrogens (tertiary/aromatic N) is 4. The van der Waals surface area contributed by atoms with E-state index in [1.165, 1.54) is 10.9 Å². The third-order valence-electron chi connectivity index (χ3n) is 6.43. The number of fused-ring (bicyclic) bond motifs is 1. The van der Waals surface area contributed by atoms with Crippen LogP contribution in [0.5, 0.6) is 0 Å². The molecule has 166 valence electrons. The van der Waals surface area contributed by atoms with Gasteiger partial charge >= 0.3 is 0 Å². The highest BCUT2D eigenvalue weighted by Gasteiger charge is 2.23. The fourth-order valence-corrected chi connectivity index (χ4v) is 4.66. The minimum absolute atomic E-state index is 0.00438. The molecule has 0 spiro atoms. The van der Waals surface area contributed by atoms with E-state index in [4.69, 9.17) is 5.73 Å². The minimum Gasteiger partial charge on any atom is -0.384 e. The summed E-state index contributed by atoms with van der Waals surface area (Å²) in [5, 5.41) is 1.23. The predicted molar refractivity (Wildman–Crippen MR) is 131 cm³/mol. The van der Waals surface area contributed by atoms with Crippen molar-refractivity contribution >= 4 is 22.6 Å². The van der Waals surface area contributed by atoms with Crippen molar-refractivity contribution in [3.63, 3.8) is 0 Å². The lowest BCUT2D eigenvalue weighted by Crippen LogP contribution is -2.32. The number of nitrogens with two attached hydrogens (primary N) is 1. The first kappa shape index (κ1) is 21.1. The van der Waals surface area contributed by atoms with Crippen LogP contribution >= 0.6 is 0 Å². The third-order valence-corrected chi connectivity index (χ3v) is 6.43. The number of carbonyl (C=O) groups is 1. The number of likely N-dealkylation sites (tertiary alicyclic amines) is 1. The van der Waals surface area contributed by atoms with Crippen LogP contribution in [0.4, 0.5) is 5.82 Å². The summed E-state index contributed by atoms with van der Waals surface area (Å²) >= 11 is 0. The number of rotatable bonds is 4. The summed E-state index contributed by atoms with van der Waals surface area (Å²) in [6.45, 7) is 1.52. The molecule has 6 nitrogen and oxygen atoms in total. The average Bonchev–Trinajstić information content (AvgIpc) is 3.10. The van der Waals surface area contributed by atoms with Gasteiger partial charge in [0.1, 0.15) is 11.5 Å². The standard InChI is InChI=1S/C27H27N5O/c28-26-12-11-21(18-30-26)23-8-2-10-25(31-23)27(33)32-15-4-5-19(13-16-32)17-20-6-1-9-24-22(20)7-3-14-29-24/h1-3,6-12,14,18-19H,4-5,13,15-17H2,(H2,28,30)/t19-/m0/s1. The molecular weight excluding hydrogens is 410 g/mol. The van der Waals surface area contributed by atoms with Crippen molar-refractivity contribution < 1.29 is 4.79 Å². The molecular formula is C27H27N5O.